The molecule has 0 spiro atoms. The topological polar surface area (TPSA) is 58.5 Å². The lowest BCUT2D eigenvalue weighted by Gasteiger charge is -2.03. The van der Waals surface area contributed by atoms with Crippen molar-refractivity contribution in [3.63, 3.8) is 0 Å². The van der Waals surface area contributed by atoms with Gasteiger partial charge in [-0.2, -0.15) is 13.2 Å². The molecule has 5 heteroatoms. The Bertz CT molecular complexity index is 1170. The van der Waals surface area contributed by atoms with E-state index in [2.05, 4.69) is 33.6 Å². The van der Waals surface area contributed by atoms with Gasteiger partial charge < -0.3 is 0 Å². The summed E-state index contributed by atoms with van der Waals surface area (Å²) in [5.41, 5.74) is 2.65. The van der Waals surface area contributed by atoms with Gasteiger partial charge in [0.2, 0.25) is 0 Å². The van der Waals surface area contributed by atoms with Crippen LogP contribution in [0.3, 0.4) is 0 Å². The van der Waals surface area contributed by atoms with Crippen molar-refractivity contribution in [1.29, 1.82) is 0 Å². The third-order valence-corrected chi connectivity index (χ3v) is 5.03. The van der Waals surface area contributed by atoms with E-state index in [1.165, 1.54) is 12.1 Å². The molecule has 0 amide bonds. The molecule has 0 heterocycles. The van der Waals surface area contributed by atoms with Gasteiger partial charge in [-0.05, 0) is 55.2 Å². The molecule has 0 aliphatic carbocycles. The fourth-order valence-corrected chi connectivity index (χ4v) is 3.08. The average Bonchev–Trinajstić information content (AvgIpc) is 2.75. The van der Waals surface area contributed by atoms with Gasteiger partial charge in [-0.3, -0.25) is 0 Å². The van der Waals surface area contributed by atoms with Crippen LogP contribution in [-0.2, 0) is 10.0 Å². The molecule has 3 rings (SSSR count). The number of nitrogens with one attached hydrogen (secondary N) is 1. The van der Waals surface area contributed by atoms with Crippen LogP contribution in [-0.4, -0.2) is 14.1 Å². The maximum absolute atomic E-state index is 12.5. The first-order chi connectivity index (χ1) is 14.0. The second-order valence-corrected chi connectivity index (χ2v) is 7.76. The number of hydrogen-bond donors (Lipinski definition) is 1. The van der Waals surface area contributed by atoms with Crippen LogP contribution in [0.1, 0.15) is 16.7 Å². The third kappa shape index (κ3) is 6.10. The molecular formula is C24H18N2O2S. The van der Waals surface area contributed by atoms with E-state index in [0.29, 0.717) is 0 Å². The zero-order valence-electron chi connectivity index (χ0n) is 15.8. The van der Waals surface area contributed by atoms with E-state index >= 15 is 0 Å². The molecule has 29 heavy (non-hydrogen) atoms. The van der Waals surface area contributed by atoms with Crippen LogP contribution in [0.25, 0.3) is 0 Å². The lowest BCUT2D eigenvalue weighted by molar-refractivity contribution is 0.584. The quantitative estimate of drug-likeness (QED) is 0.415. The predicted octanol–water partition coefficient (Wildman–Crippen LogP) is 3.73. The Balaban J connectivity index is 1.91. The minimum absolute atomic E-state index is 0.119. The Labute approximate surface area is 171 Å². The van der Waals surface area contributed by atoms with Gasteiger partial charge in [-0.15, -0.1) is 5.10 Å². The van der Waals surface area contributed by atoms with Crippen molar-refractivity contribution in [3.8, 4) is 23.7 Å². The summed E-state index contributed by atoms with van der Waals surface area (Å²) < 4.78 is 25.0. The maximum Gasteiger partial charge on any atom is 0.276 e. The summed E-state index contributed by atoms with van der Waals surface area (Å²) in [6.07, 6.45) is 0. The van der Waals surface area contributed by atoms with Gasteiger partial charge in [0.05, 0.1) is 4.90 Å². The van der Waals surface area contributed by atoms with Crippen LogP contribution in [0.5, 0.6) is 0 Å². The van der Waals surface area contributed by atoms with E-state index in [-0.39, 0.29) is 10.6 Å². The zero-order chi connectivity index (χ0) is 20.5. The molecule has 0 unspecified atom stereocenters. The Morgan fingerprint density at radius 2 is 1.24 bits per heavy atom. The number of benzene rings is 3. The SMILES string of the molecule is Cc1ccc(S(=O)(=O)NN=C(C#Cc2ccccc2)C#Cc2ccccc2)cc1. The molecule has 3 aromatic rings. The smallest absolute Gasteiger partial charge is 0.200 e. The lowest BCUT2D eigenvalue weighted by Crippen LogP contribution is -2.19. The van der Waals surface area contributed by atoms with Crippen LogP contribution >= 0.6 is 0 Å². The fraction of sp³-hybridized carbons (Fsp3) is 0.0417. The summed E-state index contributed by atoms with van der Waals surface area (Å²) in [6.45, 7) is 1.89. The second-order valence-electron chi connectivity index (χ2n) is 6.10. The lowest BCUT2D eigenvalue weighted by atomic mass is 10.2. The summed E-state index contributed by atoms with van der Waals surface area (Å²) in [5, 5.41) is 3.96. The number of sulfonamides is 1. The zero-order valence-corrected chi connectivity index (χ0v) is 16.6. The number of hydrogen-bond acceptors (Lipinski definition) is 3. The van der Waals surface area contributed by atoms with E-state index in [1.807, 2.05) is 67.6 Å². The van der Waals surface area contributed by atoms with E-state index < -0.39 is 10.0 Å². The highest BCUT2D eigenvalue weighted by atomic mass is 32.2. The minimum Gasteiger partial charge on any atom is -0.200 e. The van der Waals surface area contributed by atoms with Gasteiger partial charge >= 0.3 is 0 Å². The molecule has 0 radical (unpaired) electrons. The van der Waals surface area contributed by atoms with Crippen molar-refractivity contribution < 1.29 is 8.42 Å². The van der Waals surface area contributed by atoms with Crippen molar-refractivity contribution >= 4 is 15.7 Å². The molecular weight excluding hydrogens is 380 g/mol. The normalized spacial score (nSPS) is 9.97. The third-order valence-electron chi connectivity index (χ3n) is 3.81. The molecule has 0 aliphatic rings. The Kier molecular flexibility index (Phi) is 6.47. The summed E-state index contributed by atoms with van der Waals surface area (Å²) in [7, 11) is -3.81. The highest BCUT2D eigenvalue weighted by molar-refractivity contribution is 7.89. The van der Waals surface area contributed by atoms with Crippen molar-refractivity contribution in [2.24, 2.45) is 5.10 Å². The molecule has 0 aromatic heterocycles. The van der Waals surface area contributed by atoms with E-state index in [0.717, 1.165) is 16.7 Å². The summed E-state index contributed by atoms with van der Waals surface area (Å²) in [6, 6.07) is 25.2. The first kappa shape index (κ1) is 19.9. The molecule has 0 fully saturated rings. The van der Waals surface area contributed by atoms with Crippen molar-refractivity contribution in [2.45, 2.75) is 11.8 Å². The molecule has 3 aromatic carbocycles. The van der Waals surface area contributed by atoms with Gasteiger partial charge in [0.15, 0.2) is 5.71 Å². The van der Waals surface area contributed by atoms with Crippen LogP contribution in [0.4, 0.5) is 0 Å². The van der Waals surface area contributed by atoms with E-state index in [1.54, 1.807) is 12.1 Å². The van der Waals surface area contributed by atoms with Crippen molar-refractivity contribution in [1.82, 2.24) is 4.83 Å². The molecule has 0 bridgehead atoms. The first-order valence-corrected chi connectivity index (χ1v) is 10.3. The fourth-order valence-electron chi connectivity index (χ4n) is 2.27. The highest BCUT2D eigenvalue weighted by Gasteiger charge is 2.12. The molecule has 1 N–H and O–H groups in total. The Morgan fingerprint density at radius 3 is 1.72 bits per heavy atom. The standard InChI is InChI=1S/C24H18N2O2S/c1-20-12-18-24(19-13-20)29(27,28)26-25-23(16-14-21-8-4-2-5-9-21)17-15-22-10-6-3-7-11-22/h2-13,18-19,26H,1H3. The number of aryl methyl sites for hydroxylation is 1. The van der Waals surface area contributed by atoms with Gasteiger partial charge in [0.1, 0.15) is 0 Å². The van der Waals surface area contributed by atoms with Crippen LogP contribution in [0.2, 0.25) is 0 Å². The molecule has 0 saturated carbocycles. The maximum atomic E-state index is 12.5. The van der Waals surface area contributed by atoms with Crippen molar-refractivity contribution in [2.75, 3.05) is 0 Å². The first-order valence-electron chi connectivity index (χ1n) is 8.83. The van der Waals surface area contributed by atoms with Crippen LogP contribution in [0.15, 0.2) is 94.9 Å². The number of rotatable bonds is 3. The van der Waals surface area contributed by atoms with Gasteiger partial charge in [-0.25, -0.2) is 0 Å². The molecule has 0 saturated heterocycles. The van der Waals surface area contributed by atoms with Gasteiger partial charge in [0.25, 0.3) is 10.0 Å². The highest BCUT2D eigenvalue weighted by Crippen LogP contribution is 2.09. The number of hydrazone groups is 1. The number of nitrogens with zero attached hydrogens (tertiary/aromatic N) is 1. The van der Waals surface area contributed by atoms with E-state index in [4.69, 9.17) is 0 Å². The van der Waals surface area contributed by atoms with Crippen LogP contribution < -0.4 is 4.83 Å². The Hall–Kier alpha value is -3.80. The molecule has 142 valence electrons. The average molecular weight is 398 g/mol. The summed E-state index contributed by atoms with van der Waals surface area (Å²) in [5.74, 6) is 11.6. The predicted molar refractivity (Wildman–Crippen MR) is 116 cm³/mol. The van der Waals surface area contributed by atoms with Crippen LogP contribution in [0, 0.1) is 30.6 Å². The monoisotopic (exact) mass is 398 g/mol. The van der Waals surface area contributed by atoms with Crippen molar-refractivity contribution in [3.05, 3.63) is 102 Å². The molecule has 0 aliphatic heterocycles. The summed E-state index contributed by atoms with van der Waals surface area (Å²) in [4.78, 5) is 2.35. The minimum atomic E-state index is -3.81. The second kappa shape index (κ2) is 9.41. The van der Waals surface area contributed by atoms with Gasteiger partial charge in [-0.1, -0.05) is 65.9 Å². The molecule has 4 nitrogen and oxygen atoms in total. The van der Waals surface area contributed by atoms with Gasteiger partial charge in [0, 0.05) is 11.1 Å². The molecule has 0 atom stereocenters. The summed E-state index contributed by atoms with van der Waals surface area (Å²) >= 11 is 0. The largest absolute Gasteiger partial charge is 0.276 e. The Morgan fingerprint density at radius 1 is 0.759 bits per heavy atom. The van der Waals surface area contributed by atoms with E-state index in [9.17, 15) is 8.42 Å².